The first kappa shape index (κ1) is 13.0. The molecular formula is C14H22O2. The third kappa shape index (κ3) is 3.22. The molecule has 0 spiro atoms. The summed E-state index contributed by atoms with van der Waals surface area (Å²) in [6, 6.07) is 0. The molecule has 0 saturated heterocycles. The van der Waals surface area contributed by atoms with Crippen LogP contribution in [0.2, 0.25) is 0 Å². The smallest absolute Gasteiger partial charge is 0.330 e. The summed E-state index contributed by atoms with van der Waals surface area (Å²) in [5.41, 5.74) is 3.40. The minimum Gasteiger partial charge on any atom is -0.478 e. The number of aliphatic carboxylic acids is 1. The molecule has 0 amide bonds. The van der Waals surface area contributed by atoms with Crippen molar-refractivity contribution >= 4 is 5.97 Å². The molecule has 1 saturated carbocycles. The molecule has 2 nitrogen and oxygen atoms in total. The van der Waals surface area contributed by atoms with E-state index in [2.05, 4.69) is 13.8 Å². The van der Waals surface area contributed by atoms with Gasteiger partial charge in [0.1, 0.15) is 0 Å². The second kappa shape index (κ2) is 5.88. The Hall–Kier alpha value is -1.05. The van der Waals surface area contributed by atoms with E-state index in [0.717, 1.165) is 19.3 Å². The summed E-state index contributed by atoms with van der Waals surface area (Å²) in [5, 5.41) is 8.91. The van der Waals surface area contributed by atoms with E-state index in [1.165, 1.54) is 24.0 Å². The molecule has 0 bridgehead atoms. The Balaban J connectivity index is 2.92. The Bertz CT molecular complexity index is 324. The maximum atomic E-state index is 10.8. The zero-order valence-corrected chi connectivity index (χ0v) is 10.5. The summed E-state index contributed by atoms with van der Waals surface area (Å²) < 4.78 is 0. The van der Waals surface area contributed by atoms with Crippen molar-refractivity contribution in [3.8, 4) is 0 Å². The Morgan fingerprint density at radius 2 is 2.12 bits per heavy atom. The molecule has 0 aromatic carbocycles. The average molecular weight is 222 g/mol. The van der Waals surface area contributed by atoms with Crippen molar-refractivity contribution in [2.24, 2.45) is 5.92 Å². The SMILES string of the molecule is CC/C(C)=C1\CCCC[C@H]1/C=C(\C)C(=O)O. The molecule has 90 valence electrons. The Kier molecular flexibility index (Phi) is 4.78. The Morgan fingerprint density at radius 1 is 1.44 bits per heavy atom. The van der Waals surface area contributed by atoms with Crippen molar-refractivity contribution < 1.29 is 9.90 Å². The largest absolute Gasteiger partial charge is 0.478 e. The van der Waals surface area contributed by atoms with Crippen LogP contribution in [-0.4, -0.2) is 11.1 Å². The highest BCUT2D eigenvalue weighted by molar-refractivity contribution is 5.85. The Labute approximate surface area is 98.1 Å². The van der Waals surface area contributed by atoms with E-state index in [1.807, 2.05) is 6.08 Å². The van der Waals surface area contributed by atoms with Gasteiger partial charge >= 0.3 is 5.97 Å². The molecule has 1 fully saturated rings. The van der Waals surface area contributed by atoms with Gasteiger partial charge in [0.15, 0.2) is 0 Å². The minimum atomic E-state index is -0.793. The molecular weight excluding hydrogens is 200 g/mol. The molecule has 1 N–H and O–H groups in total. The fraction of sp³-hybridized carbons (Fsp3) is 0.643. The summed E-state index contributed by atoms with van der Waals surface area (Å²) in [6.07, 6.45) is 7.74. The monoisotopic (exact) mass is 222 g/mol. The van der Waals surface area contributed by atoms with Crippen LogP contribution in [0.4, 0.5) is 0 Å². The van der Waals surface area contributed by atoms with Crippen molar-refractivity contribution in [2.45, 2.75) is 52.9 Å². The molecule has 1 aliphatic rings. The van der Waals surface area contributed by atoms with Crippen LogP contribution in [0.1, 0.15) is 52.9 Å². The lowest BCUT2D eigenvalue weighted by molar-refractivity contribution is -0.132. The molecule has 1 rings (SSSR count). The van der Waals surface area contributed by atoms with Crippen LogP contribution >= 0.6 is 0 Å². The minimum absolute atomic E-state index is 0.366. The third-order valence-corrected chi connectivity index (χ3v) is 3.53. The van der Waals surface area contributed by atoms with E-state index in [9.17, 15) is 4.79 Å². The molecule has 0 aliphatic heterocycles. The number of hydrogen-bond donors (Lipinski definition) is 1. The van der Waals surface area contributed by atoms with E-state index in [4.69, 9.17) is 5.11 Å². The highest BCUT2D eigenvalue weighted by atomic mass is 16.4. The van der Waals surface area contributed by atoms with Crippen LogP contribution in [0.3, 0.4) is 0 Å². The standard InChI is InChI=1S/C14H22O2/c1-4-10(2)13-8-6-5-7-12(13)9-11(3)14(15)16/h9,12H,4-8H2,1-3H3,(H,15,16)/b11-9+,13-10+/t12-/m0/s1. The molecule has 2 heteroatoms. The van der Waals surface area contributed by atoms with E-state index in [1.54, 1.807) is 6.92 Å². The van der Waals surface area contributed by atoms with Crippen LogP contribution in [-0.2, 0) is 4.79 Å². The summed E-state index contributed by atoms with van der Waals surface area (Å²) in [5.74, 6) is -0.427. The molecule has 0 unspecified atom stereocenters. The number of allylic oxidation sites excluding steroid dienone is 3. The third-order valence-electron chi connectivity index (χ3n) is 3.53. The first-order valence-corrected chi connectivity index (χ1v) is 6.16. The number of carboxylic acids is 1. The summed E-state index contributed by atoms with van der Waals surface area (Å²) in [6.45, 7) is 6.04. The molecule has 0 aromatic heterocycles. The van der Waals surface area contributed by atoms with E-state index < -0.39 is 5.97 Å². The zero-order chi connectivity index (χ0) is 12.1. The molecule has 1 aliphatic carbocycles. The van der Waals surface area contributed by atoms with Gasteiger partial charge in [-0.05, 0) is 45.4 Å². The van der Waals surface area contributed by atoms with Crippen LogP contribution in [0.5, 0.6) is 0 Å². The highest BCUT2D eigenvalue weighted by Crippen LogP contribution is 2.34. The van der Waals surface area contributed by atoms with Crippen molar-refractivity contribution in [3.05, 3.63) is 22.8 Å². The summed E-state index contributed by atoms with van der Waals surface area (Å²) in [7, 11) is 0. The van der Waals surface area contributed by atoms with Gasteiger partial charge in [-0.25, -0.2) is 4.79 Å². The lowest BCUT2D eigenvalue weighted by Gasteiger charge is -2.25. The average Bonchev–Trinajstić information content (AvgIpc) is 2.28. The molecule has 0 heterocycles. The Morgan fingerprint density at radius 3 is 2.69 bits per heavy atom. The first-order chi connectivity index (χ1) is 7.56. The maximum absolute atomic E-state index is 10.8. The van der Waals surface area contributed by atoms with E-state index in [-0.39, 0.29) is 0 Å². The van der Waals surface area contributed by atoms with Gasteiger partial charge in [0.25, 0.3) is 0 Å². The normalized spacial score (nSPS) is 25.4. The van der Waals surface area contributed by atoms with Gasteiger partial charge in [0, 0.05) is 5.57 Å². The number of hydrogen-bond acceptors (Lipinski definition) is 1. The summed E-state index contributed by atoms with van der Waals surface area (Å²) >= 11 is 0. The highest BCUT2D eigenvalue weighted by Gasteiger charge is 2.19. The van der Waals surface area contributed by atoms with Gasteiger partial charge in [-0.2, -0.15) is 0 Å². The van der Waals surface area contributed by atoms with Crippen LogP contribution in [0.15, 0.2) is 22.8 Å². The zero-order valence-electron chi connectivity index (χ0n) is 10.5. The lowest BCUT2D eigenvalue weighted by atomic mass is 9.80. The molecule has 16 heavy (non-hydrogen) atoms. The number of carboxylic acid groups (broad SMARTS) is 1. The second-order valence-electron chi connectivity index (χ2n) is 4.67. The predicted molar refractivity (Wildman–Crippen MR) is 66.3 cm³/mol. The van der Waals surface area contributed by atoms with Gasteiger partial charge in [0.2, 0.25) is 0 Å². The van der Waals surface area contributed by atoms with Crippen LogP contribution < -0.4 is 0 Å². The number of rotatable bonds is 3. The fourth-order valence-corrected chi connectivity index (χ4v) is 2.35. The van der Waals surface area contributed by atoms with Crippen LogP contribution in [0, 0.1) is 5.92 Å². The predicted octanol–water partition coefficient (Wildman–Crippen LogP) is 3.93. The van der Waals surface area contributed by atoms with Gasteiger partial charge in [-0.3, -0.25) is 0 Å². The fourth-order valence-electron chi connectivity index (χ4n) is 2.35. The summed E-state index contributed by atoms with van der Waals surface area (Å²) in [4.78, 5) is 10.8. The van der Waals surface area contributed by atoms with Crippen molar-refractivity contribution in [1.29, 1.82) is 0 Å². The van der Waals surface area contributed by atoms with Gasteiger partial charge < -0.3 is 5.11 Å². The van der Waals surface area contributed by atoms with Gasteiger partial charge in [0.05, 0.1) is 0 Å². The van der Waals surface area contributed by atoms with Gasteiger partial charge in [-0.1, -0.05) is 30.6 Å². The molecule has 0 radical (unpaired) electrons. The van der Waals surface area contributed by atoms with Crippen molar-refractivity contribution in [2.75, 3.05) is 0 Å². The first-order valence-electron chi connectivity index (χ1n) is 6.16. The second-order valence-corrected chi connectivity index (χ2v) is 4.67. The molecule has 1 atom stereocenters. The number of carbonyl (C=O) groups is 1. The maximum Gasteiger partial charge on any atom is 0.330 e. The quantitative estimate of drug-likeness (QED) is 0.580. The molecule has 0 aromatic rings. The van der Waals surface area contributed by atoms with Crippen LogP contribution in [0.25, 0.3) is 0 Å². The van der Waals surface area contributed by atoms with Gasteiger partial charge in [-0.15, -0.1) is 0 Å². The topological polar surface area (TPSA) is 37.3 Å². The van der Waals surface area contributed by atoms with Crippen molar-refractivity contribution in [1.82, 2.24) is 0 Å². The van der Waals surface area contributed by atoms with E-state index >= 15 is 0 Å². The van der Waals surface area contributed by atoms with E-state index in [0.29, 0.717) is 11.5 Å². The van der Waals surface area contributed by atoms with Crippen molar-refractivity contribution in [3.63, 3.8) is 0 Å². The lowest BCUT2D eigenvalue weighted by Crippen LogP contribution is -2.11.